The Labute approximate surface area is 217 Å². The highest BCUT2D eigenvalue weighted by atomic mass is 16.4. The minimum absolute atomic E-state index is 0.0723. The first-order valence-electron chi connectivity index (χ1n) is 12.6. The molecule has 0 aliphatic carbocycles. The van der Waals surface area contributed by atoms with Crippen LogP contribution in [0.2, 0.25) is 0 Å². The smallest absolute Gasteiger partial charge is 0.326 e. The largest absolute Gasteiger partial charge is 0.481 e. The summed E-state index contributed by atoms with van der Waals surface area (Å²) in [7, 11) is 0. The highest BCUT2D eigenvalue weighted by Crippen LogP contribution is 2.13. The normalized spacial score (nSPS) is 15.8. The van der Waals surface area contributed by atoms with Gasteiger partial charge < -0.3 is 31.9 Å². The number of hydrogen-bond acceptors (Lipinski definition) is 6. The third-order valence-corrected chi connectivity index (χ3v) is 6.49. The number of amides is 3. The number of carboxylic acid groups (broad SMARTS) is 2. The summed E-state index contributed by atoms with van der Waals surface area (Å²) < 4.78 is 0. The van der Waals surface area contributed by atoms with Crippen LogP contribution in [-0.4, -0.2) is 64.0 Å². The van der Waals surface area contributed by atoms with Gasteiger partial charge in [-0.05, 0) is 23.8 Å². The summed E-state index contributed by atoms with van der Waals surface area (Å²) in [5, 5.41) is 26.3. The van der Waals surface area contributed by atoms with Crippen molar-refractivity contribution in [2.24, 2.45) is 17.6 Å². The van der Waals surface area contributed by atoms with Crippen LogP contribution in [0.1, 0.15) is 58.9 Å². The molecule has 1 aromatic rings. The first-order chi connectivity index (χ1) is 17.4. The van der Waals surface area contributed by atoms with Gasteiger partial charge in [0.15, 0.2) is 0 Å². The zero-order valence-electron chi connectivity index (χ0n) is 21.9. The molecule has 7 N–H and O–H groups in total. The summed E-state index contributed by atoms with van der Waals surface area (Å²) in [6, 6.07) is 4.50. The maximum absolute atomic E-state index is 13.3. The molecule has 6 unspecified atom stereocenters. The lowest BCUT2D eigenvalue weighted by Crippen LogP contribution is -2.60. The highest BCUT2D eigenvalue weighted by Gasteiger charge is 2.34. The average Bonchev–Trinajstić information content (AvgIpc) is 2.87. The van der Waals surface area contributed by atoms with Gasteiger partial charge in [0.1, 0.15) is 18.1 Å². The van der Waals surface area contributed by atoms with Crippen molar-refractivity contribution in [2.75, 3.05) is 0 Å². The fourth-order valence-electron chi connectivity index (χ4n) is 3.63. The van der Waals surface area contributed by atoms with E-state index in [1.54, 1.807) is 44.2 Å². The zero-order chi connectivity index (χ0) is 28.1. The molecule has 0 fully saturated rings. The van der Waals surface area contributed by atoms with Crippen molar-refractivity contribution in [1.82, 2.24) is 16.0 Å². The molecule has 37 heavy (non-hydrogen) atoms. The molecule has 206 valence electrons. The third kappa shape index (κ3) is 10.6. The van der Waals surface area contributed by atoms with Gasteiger partial charge in [0, 0.05) is 12.8 Å². The monoisotopic (exact) mass is 520 g/mol. The number of carbonyl (C=O) groups excluding carboxylic acids is 3. The van der Waals surface area contributed by atoms with Crippen molar-refractivity contribution >= 4 is 29.7 Å². The van der Waals surface area contributed by atoms with Gasteiger partial charge in [-0.15, -0.1) is 0 Å². The summed E-state index contributed by atoms with van der Waals surface area (Å²) in [6.45, 7) is 7.19. The topological polar surface area (TPSA) is 188 Å². The Morgan fingerprint density at radius 1 is 0.811 bits per heavy atom. The molecule has 11 nitrogen and oxygen atoms in total. The summed E-state index contributed by atoms with van der Waals surface area (Å²) in [5.74, 6) is -4.86. The number of nitrogens with one attached hydrogen (secondary N) is 3. The minimum atomic E-state index is -1.20. The molecular formula is C26H40N4O7. The molecule has 6 atom stereocenters. The predicted octanol–water partition coefficient (Wildman–Crippen LogP) is 1.05. The number of aliphatic carboxylic acids is 2. The molecule has 0 aromatic heterocycles. The van der Waals surface area contributed by atoms with E-state index >= 15 is 0 Å². The van der Waals surface area contributed by atoms with Gasteiger partial charge in [-0.25, -0.2) is 4.79 Å². The molecule has 0 radical (unpaired) electrons. The quantitative estimate of drug-likeness (QED) is 0.186. The van der Waals surface area contributed by atoms with Gasteiger partial charge in [0.2, 0.25) is 17.7 Å². The summed E-state index contributed by atoms with van der Waals surface area (Å²) >= 11 is 0. The lowest BCUT2D eigenvalue weighted by atomic mass is 9.94. The second-order valence-electron chi connectivity index (χ2n) is 9.37. The number of benzene rings is 1. The molecule has 0 aliphatic rings. The van der Waals surface area contributed by atoms with E-state index in [1.807, 2.05) is 13.8 Å². The van der Waals surface area contributed by atoms with Crippen LogP contribution in [0.3, 0.4) is 0 Å². The lowest BCUT2D eigenvalue weighted by molar-refractivity contribution is -0.142. The molecule has 0 spiro atoms. The van der Waals surface area contributed by atoms with E-state index in [1.165, 1.54) is 0 Å². The maximum Gasteiger partial charge on any atom is 0.326 e. The molecule has 0 saturated carbocycles. The van der Waals surface area contributed by atoms with E-state index in [9.17, 15) is 29.1 Å². The molecule has 11 heteroatoms. The van der Waals surface area contributed by atoms with Crippen LogP contribution in [0, 0.1) is 11.8 Å². The SMILES string of the molecule is CCC(C)C(NC(=O)C(N)CCC(=O)O)C(=O)NC(C(=O)NC(Cc1ccccc1)C(=O)O)C(C)CC. The Morgan fingerprint density at radius 3 is 1.76 bits per heavy atom. The number of hydrogen-bond donors (Lipinski definition) is 6. The van der Waals surface area contributed by atoms with Crippen molar-refractivity contribution in [2.45, 2.75) is 84.0 Å². The Bertz CT molecular complexity index is 925. The van der Waals surface area contributed by atoms with Crippen molar-refractivity contribution in [1.29, 1.82) is 0 Å². The van der Waals surface area contributed by atoms with Crippen LogP contribution in [0.15, 0.2) is 30.3 Å². The van der Waals surface area contributed by atoms with Crippen LogP contribution in [-0.2, 0) is 30.4 Å². The molecule has 0 saturated heterocycles. The van der Waals surface area contributed by atoms with Crippen LogP contribution in [0.25, 0.3) is 0 Å². The van der Waals surface area contributed by atoms with Crippen LogP contribution < -0.4 is 21.7 Å². The number of nitrogens with two attached hydrogens (primary N) is 1. The number of rotatable bonds is 16. The highest BCUT2D eigenvalue weighted by molar-refractivity contribution is 5.94. The van der Waals surface area contributed by atoms with Gasteiger partial charge in [-0.2, -0.15) is 0 Å². The van der Waals surface area contributed by atoms with Crippen LogP contribution in [0.5, 0.6) is 0 Å². The van der Waals surface area contributed by atoms with E-state index < -0.39 is 53.8 Å². The minimum Gasteiger partial charge on any atom is -0.481 e. The number of carbonyl (C=O) groups is 5. The Morgan fingerprint density at radius 2 is 1.30 bits per heavy atom. The molecule has 1 aromatic carbocycles. The standard InChI is InChI=1S/C26H40N4O7/c1-5-15(3)21(24(34)28-19(26(36)37)14-17-10-8-7-9-11-17)30-25(35)22(16(4)6-2)29-23(33)18(27)12-13-20(31)32/h7-11,15-16,18-19,21-22H,5-6,12-14,27H2,1-4H3,(H,28,34)(H,29,33)(H,30,35)(H,31,32)(H,36,37). The first-order valence-corrected chi connectivity index (χ1v) is 12.6. The van der Waals surface area contributed by atoms with E-state index in [0.717, 1.165) is 5.56 Å². The first kappa shape index (κ1) is 31.6. The van der Waals surface area contributed by atoms with E-state index in [4.69, 9.17) is 10.8 Å². The molecule has 0 bridgehead atoms. The second-order valence-corrected chi connectivity index (χ2v) is 9.37. The van der Waals surface area contributed by atoms with Gasteiger partial charge in [0.25, 0.3) is 0 Å². The van der Waals surface area contributed by atoms with Gasteiger partial charge in [-0.3, -0.25) is 19.2 Å². The molecule has 1 rings (SSSR count). The van der Waals surface area contributed by atoms with Crippen molar-refractivity contribution in [3.63, 3.8) is 0 Å². The molecule has 0 heterocycles. The fraction of sp³-hybridized carbons (Fsp3) is 0.577. The maximum atomic E-state index is 13.3. The second kappa shape index (κ2) is 15.6. The summed E-state index contributed by atoms with van der Waals surface area (Å²) in [6.07, 6.45) is 0.740. The van der Waals surface area contributed by atoms with Crippen LogP contribution in [0.4, 0.5) is 0 Å². The average molecular weight is 521 g/mol. The van der Waals surface area contributed by atoms with Crippen molar-refractivity contribution in [3.05, 3.63) is 35.9 Å². The number of carboxylic acids is 2. The Kier molecular flexibility index (Phi) is 13.3. The molecular weight excluding hydrogens is 480 g/mol. The zero-order valence-corrected chi connectivity index (χ0v) is 21.9. The van der Waals surface area contributed by atoms with E-state index in [-0.39, 0.29) is 31.1 Å². The lowest BCUT2D eigenvalue weighted by Gasteiger charge is -2.30. The summed E-state index contributed by atoms with van der Waals surface area (Å²) in [4.78, 5) is 61.6. The van der Waals surface area contributed by atoms with Gasteiger partial charge >= 0.3 is 11.9 Å². The fourth-order valence-corrected chi connectivity index (χ4v) is 3.63. The van der Waals surface area contributed by atoms with Gasteiger partial charge in [-0.1, -0.05) is 70.9 Å². The van der Waals surface area contributed by atoms with Crippen molar-refractivity contribution < 1.29 is 34.2 Å². The Balaban J connectivity index is 3.03. The van der Waals surface area contributed by atoms with E-state index in [0.29, 0.717) is 12.8 Å². The summed E-state index contributed by atoms with van der Waals surface area (Å²) in [5.41, 5.74) is 6.53. The molecule has 0 aliphatic heterocycles. The molecule has 3 amide bonds. The Hall–Kier alpha value is -3.47. The van der Waals surface area contributed by atoms with Crippen molar-refractivity contribution in [3.8, 4) is 0 Å². The third-order valence-electron chi connectivity index (χ3n) is 6.49. The van der Waals surface area contributed by atoms with Gasteiger partial charge in [0.05, 0.1) is 6.04 Å². The van der Waals surface area contributed by atoms with Crippen LogP contribution >= 0.6 is 0 Å². The predicted molar refractivity (Wildman–Crippen MR) is 137 cm³/mol. The van der Waals surface area contributed by atoms with E-state index in [2.05, 4.69) is 16.0 Å².